The summed E-state index contributed by atoms with van der Waals surface area (Å²) in [6.45, 7) is 8.74. The number of hydrogen-bond donors (Lipinski definition) is 2. The molecular weight excluding hydrogens is 238 g/mol. The molecule has 0 saturated heterocycles. The standard InChI is InChI=1S/C16H25NO2/c1-5-16(6-2,15(18)19)17-11-13-7-9-14(10-8-13)12(3)4/h7-10,12,17H,5-6,11H2,1-4H3,(H,18,19). The molecule has 0 radical (unpaired) electrons. The largest absolute Gasteiger partial charge is 0.480 e. The summed E-state index contributed by atoms with van der Waals surface area (Å²) in [5, 5.41) is 12.6. The van der Waals surface area contributed by atoms with Gasteiger partial charge in [-0.15, -0.1) is 0 Å². The lowest BCUT2D eigenvalue weighted by atomic mass is 9.92. The number of carboxylic acid groups (broad SMARTS) is 1. The lowest BCUT2D eigenvalue weighted by Crippen LogP contribution is -2.50. The summed E-state index contributed by atoms with van der Waals surface area (Å²) in [6.07, 6.45) is 1.17. The highest BCUT2D eigenvalue weighted by molar-refractivity contribution is 5.78. The average Bonchev–Trinajstić information content (AvgIpc) is 2.40. The molecule has 2 N–H and O–H groups in total. The van der Waals surface area contributed by atoms with E-state index < -0.39 is 11.5 Å². The van der Waals surface area contributed by atoms with Gasteiger partial charge in [-0.3, -0.25) is 10.1 Å². The molecule has 0 bridgehead atoms. The van der Waals surface area contributed by atoms with Crippen molar-refractivity contribution in [2.24, 2.45) is 0 Å². The number of carbonyl (C=O) groups is 1. The van der Waals surface area contributed by atoms with Crippen molar-refractivity contribution in [3.8, 4) is 0 Å². The summed E-state index contributed by atoms with van der Waals surface area (Å²) in [5.41, 5.74) is 1.62. The first-order chi connectivity index (χ1) is 8.95. The third-order valence-electron chi connectivity index (χ3n) is 3.89. The molecule has 0 saturated carbocycles. The maximum absolute atomic E-state index is 11.4. The number of nitrogens with one attached hydrogen (secondary N) is 1. The van der Waals surface area contributed by atoms with Crippen molar-refractivity contribution in [1.82, 2.24) is 5.32 Å². The monoisotopic (exact) mass is 263 g/mol. The molecule has 0 heterocycles. The van der Waals surface area contributed by atoms with Gasteiger partial charge in [-0.25, -0.2) is 0 Å². The number of rotatable bonds is 7. The van der Waals surface area contributed by atoms with Crippen LogP contribution in [0.4, 0.5) is 0 Å². The molecule has 0 spiro atoms. The maximum Gasteiger partial charge on any atom is 0.323 e. The molecule has 0 aliphatic heterocycles. The minimum Gasteiger partial charge on any atom is -0.480 e. The van der Waals surface area contributed by atoms with E-state index in [0.29, 0.717) is 25.3 Å². The molecule has 0 unspecified atom stereocenters. The molecule has 106 valence electrons. The van der Waals surface area contributed by atoms with Crippen LogP contribution in [0.5, 0.6) is 0 Å². The van der Waals surface area contributed by atoms with E-state index >= 15 is 0 Å². The molecule has 0 amide bonds. The van der Waals surface area contributed by atoms with Gasteiger partial charge in [0.15, 0.2) is 0 Å². The second-order valence-electron chi connectivity index (χ2n) is 5.34. The summed E-state index contributed by atoms with van der Waals surface area (Å²) in [7, 11) is 0. The van der Waals surface area contributed by atoms with Crippen LogP contribution in [0.15, 0.2) is 24.3 Å². The van der Waals surface area contributed by atoms with Crippen molar-refractivity contribution in [3.05, 3.63) is 35.4 Å². The summed E-state index contributed by atoms with van der Waals surface area (Å²) < 4.78 is 0. The number of benzene rings is 1. The first-order valence-corrected chi connectivity index (χ1v) is 7.02. The van der Waals surface area contributed by atoms with Gasteiger partial charge in [-0.1, -0.05) is 52.0 Å². The van der Waals surface area contributed by atoms with Crippen LogP contribution < -0.4 is 5.32 Å². The first kappa shape index (κ1) is 15.7. The zero-order valence-electron chi connectivity index (χ0n) is 12.4. The van der Waals surface area contributed by atoms with Gasteiger partial charge < -0.3 is 5.11 Å². The molecule has 0 aliphatic carbocycles. The van der Waals surface area contributed by atoms with Crippen LogP contribution in [0.25, 0.3) is 0 Å². The van der Waals surface area contributed by atoms with Gasteiger partial charge in [0.2, 0.25) is 0 Å². The lowest BCUT2D eigenvalue weighted by molar-refractivity contribution is -0.145. The molecule has 1 rings (SSSR count). The minimum atomic E-state index is -0.809. The van der Waals surface area contributed by atoms with Crippen molar-refractivity contribution < 1.29 is 9.90 Å². The third kappa shape index (κ3) is 3.80. The van der Waals surface area contributed by atoms with Gasteiger partial charge >= 0.3 is 5.97 Å². The summed E-state index contributed by atoms with van der Waals surface area (Å²) in [5.74, 6) is -0.247. The molecule has 19 heavy (non-hydrogen) atoms. The number of aliphatic carboxylic acids is 1. The Morgan fingerprint density at radius 3 is 2.11 bits per heavy atom. The fourth-order valence-corrected chi connectivity index (χ4v) is 2.17. The van der Waals surface area contributed by atoms with Crippen molar-refractivity contribution in [3.63, 3.8) is 0 Å². The van der Waals surface area contributed by atoms with Crippen LogP contribution in [-0.2, 0) is 11.3 Å². The molecule has 1 aromatic carbocycles. The molecular formula is C16H25NO2. The van der Waals surface area contributed by atoms with Crippen LogP contribution >= 0.6 is 0 Å². The third-order valence-corrected chi connectivity index (χ3v) is 3.89. The van der Waals surface area contributed by atoms with Gasteiger partial charge in [0, 0.05) is 6.54 Å². The van der Waals surface area contributed by atoms with Crippen molar-refractivity contribution in [1.29, 1.82) is 0 Å². The van der Waals surface area contributed by atoms with E-state index in [0.717, 1.165) is 5.56 Å². The van der Waals surface area contributed by atoms with E-state index in [1.165, 1.54) is 5.56 Å². The molecule has 0 aromatic heterocycles. The average molecular weight is 263 g/mol. The molecule has 0 fully saturated rings. The van der Waals surface area contributed by atoms with E-state index in [-0.39, 0.29) is 0 Å². The van der Waals surface area contributed by atoms with E-state index in [9.17, 15) is 9.90 Å². The Morgan fingerprint density at radius 2 is 1.74 bits per heavy atom. The second kappa shape index (κ2) is 6.71. The Labute approximate surface area is 116 Å². The Hall–Kier alpha value is -1.35. The quantitative estimate of drug-likeness (QED) is 0.791. The maximum atomic E-state index is 11.4. The second-order valence-corrected chi connectivity index (χ2v) is 5.34. The zero-order valence-corrected chi connectivity index (χ0v) is 12.4. The highest BCUT2D eigenvalue weighted by Crippen LogP contribution is 2.18. The molecule has 3 nitrogen and oxygen atoms in total. The minimum absolute atomic E-state index is 0.520. The fourth-order valence-electron chi connectivity index (χ4n) is 2.17. The van der Waals surface area contributed by atoms with E-state index in [1.54, 1.807) is 0 Å². The highest BCUT2D eigenvalue weighted by atomic mass is 16.4. The van der Waals surface area contributed by atoms with Crippen LogP contribution in [0.1, 0.15) is 57.6 Å². The first-order valence-electron chi connectivity index (χ1n) is 7.02. The highest BCUT2D eigenvalue weighted by Gasteiger charge is 2.33. The SMILES string of the molecule is CCC(CC)(NCc1ccc(C(C)C)cc1)C(=O)O. The number of carboxylic acids is 1. The van der Waals surface area contributed by atoms with Gasteiger partial charge in [0.1, 0.15) is 5.54 Å². The Kier molecular flexibility index (Phi) is 5.55. The Morgan fingerprint density at radius 1 is 1.21 bits per heavy atom. The van der Waals surface area contributed by atoms with Crippen LogP contribution in [0, 0.1) is 0 Å². The van der Waals surface area contributed by atoms with Gasteiger partial charge in [0.05, 0.1) is 0 Å². The topological polar surface area (TPSA) is 49.3 Å². The van der Waals surface area contributed by atoms with E-state index in [4.69, 9.17) is 0 Å². The van der Waals surface area contributed by atoms with Gasteiger partial charge in [-0.05, 0) is 29.9 Å². The predicted molar refractivity (Wildman–Crippen MR) is 78.3 cm³/mol. The van der Waals surface area contributed by atoms with Crippen LogP contribution in [0.3, 0.4) is 0 Å². The fraction of sp³-hybridized carbons (Fsp3) is 0.562. The molecule has 1 aromatic rings. The van der Waals surface area contributed by atoms with Crippen molar-refractivity contribution >= 4 is 5.97 Å². The van der Waals surface area contributed by atoms with Crippen LogP contribution in [0.2, 0.25) is 0 Å². The van der Waals surface area contributed by atoms with E-state index in [2.05, 4.69) is 43.4 Å². The normalized spacial score (nSPS) is 11.8. The smallest absolute Gasteiger partial charge is 0.323 e. The lowest BCUT2D eigenvalue weighted by Gasteiger charge is -2.28. The van der Waals surface area contributed by atoms with Crippen LogP contribution in [-0.4, -0.2) is 16.6 Å². The van der Waals surface area contributed by atoms with Crippen molar-refractivity contribution in [2.45, 2.75) is 58.5 Å². The summed E-state index contributed by atoms with van der Waals surface area (Å²) in [6, 6.07) is 8.37. The molecule has 0 aliphatic rings. The molecule has 0 atom stereocenters. The van der Waals surface area contributed by atoms with Gasteiger partial charge in [0.25, 0.3) is 0 Å². The van der Waals surface area contributed by atoms with E-state index in [1.807, 2.05) is 13.8 Å². The van der Waals surface area contributed by atoms with Crippen molar-refractivity contribution in [2.75, 3.05) is 0 Å². The number of hydrogen-bond acceptors (Lipinski definition) is 2. The Bertz CT molecular complexity index is 405. The van der Waals surface area contributed by atoms with Gasteiger partial charge in [-0.2, -0.15) is 0 Å². The summed E-state index contributed by atoms with van der Waals surface area (Å²) >= 11 is 0. The predicted octanol–water partition coefficient (Wildman–Crippen LogP) is 3.54. The molecule has 3 heteroatoms. The Balaban J connectivity index is 2.72. The summed E-state index contributed by atoms with van der Waals surface area (Å²) in [4.78, 5) is 11.4. The zero-order chi connectivity index (χ0) is 14.5.